The molecule has 2 unspecified atom stereocenters. The molecule has 1 rings (SSSR count). The van der Waals surface area contributed by atoms with Crippen LogP contribution in [0.1, 0.15) is 88.5 Å². The molecule has 0 aromatic carbocycles. The summed E-state index contributed by atoms with van der Waals surface area (Å²) in [4.78, 5) is 12.5. The number of carbonyl (C=O) groups excluding carboxylic acids is 1. The van der Waals surface area contributed by atoms with E-state index in [-0.39, 0.29) is 17.4 Å². The van der Waals surface area contributed by atoms with Crippen molar-refractivity contribution >= 4 is 5.91 Å². The van der Waals surface area contributed by atoms with Crippen LogP contribution >= 0.6 is 0 Å². The SMILES string of the molecule is CCCCCC(C)(CC)C(C)NC(=O)c1noc(CC)c1C. The van der Waals surface area contributed by atoms with E-state index in [2.05, 4.69) is 38.2 Å². The molecule has 0 spiro atoms. The highest BCUT2D eigenvalue weighted by molar-refractivity contribution is 5.93. The maximum atomic E-state index is 12.5. The van der Waals surface area contributed by atoms with Crippen LogP contribution in [0.3, 0.4) is 0 Å². The fraction of sp³-hybridized carbons (Fsp3) is 0.778. The Bertz CT molecular complexity index is 481. The largest absolute Gasteiger partial charge is 0.360 e. The van der Waals surface area contributed by atoms with Crippen molar-refractivity contribution in [2.75, 3.05) is 0 Å². The Kier molecular flexibility index (Phi) is 7.11. The van der Waals surface area contributed by atoms with Crippen LogP contribution in [0.15, 0.2) is 4.52 Å². The fourth-order valence-electron chi connectivity index (χ4n) is 2.83. The Labute approximate surface area is 135 Å². The molecule has 0 bridgehead atoms. The molecule has 0 fully saturated rings. The van der Waals surface area contributed by atoms with Gasteiger partial charge in [0.25, 0.3) is 5.91 Å². The van der Waals surface area contributed by atoms with E-state index in [0.29, 0.717) is 5.69 Å². The maximum absolute atomic E-state index is 12.5. The number of unbranched alkanes of at least 4 members (excludes halogenated alkanes) is 2. The number of nitrogens with one attached hydrogen (secondary N) is 1. The minimum absolute atomic E-state index is 0.114. The van der Waals surface area contributed by atoms with Crippen LogP contribution in [-0.4, -0.2) is 17.1 Å². The van der Waals surface area contributed by atoms with Gasteiger partial charge >= 0.3 is 0 Å². The number of carbonyl (C=O) groups is 1. The third-order valence-electron chi connectivity index (χ3n) is 5.11. The molecule has 0 aliphatic carbocycles. The fourth-order valence-corrected chi connectivity index (χ4v) is 2.83. The van der Waals surface area contributed by atoms with Gasteiger partial charge in [-0.05, 0) is 32.1 Å². The van der Waals surface area contributed by atoms with Gasteiger partial charge in [0.1, 0.15) is 5.76 Å². The van der Waals surface area contributed by atoms with Crippen molar-refractivity contribution in [1.82, 2.24) is 10.5 Å². The zero-order chi connectivity index (χ0) is 16.8. The molecule has 0 saturated carbocycles. The second-order valence-electron chi connectivity index (χ2n) is 6.59. The van der Waals surface area contributed by atoms with Gasteiger partial charge in [-0.25, -0.2) is 0 Å². The van der Waals surface area contributed by atoms with Gasteiger partial charge in [0.05, 0.1) is 0 Å². The first-order valence-corrected chi connectivity index (χ1v) is 8.65. The van der Waals surface area contributed by atoms with Crippen LogP contribution in [0.2, 0.25) is 0 Å². The van der Waals surface area contributed by atoms with Crippen LogP contribution in [0.5, 0.6) is 0 Å². The van der Waals surface area contributed by atoms with Crippen molar-refractivity contribution < 1.29 is 9.32 Å². The summed E-state index contributed by atoms with van der Waals surface area (Å²) < 4.78 is 5.23. The van der Waals surface area contributed by atoms with E-state index >= 15 is 0 Å². The molecule has 22 heavy (non-hydrogen) atoms. The Balaban J connectivity index is 2.74. The van der Waals surface area contributed by atoms with Crippen molar-refractivity contribution in [3.05, 3.63) is 17.0 Å². The number of amides is 1. The van der Waals surface area contributed by atoms with Crippen molar-refractivity contribution in [3.63, 3.8) is 0 Å². The molecule has 0 radical (unpaired) electrons. The molecule has 0 aliphatic heterocycles. The Hall–Kier alpha value is -1.32. The number of hydrogen-bond acceptors (Lipinski definition) is 3. The number of hydrogen-bond donors (Lipinski definition) is 1. The van der Waals surface area contributed by atoms with Crippen LogP contribution < -0.4 is 5.32 Å². The molecule has 4 heteroatoms. The van der Waals surface area contributed by atoms with Crippen LogP contribution in [0.25, 0.3) is 0 Å². The van der Waals surface area contributed by atoms with Gasteiger partial charge in [-0.1, -0.05) is 52.1 Å². The minimum atomic E-state index is -0.122. The van der Waals surface area contributed by atoms with Gasteiger partial charge in [-0.15, -0.1) is 0 Å². The highest BCUT2D eigenvalue weighted by Crippen LogP contribution is 2.32. The first kappa shape index (κ1) is 18.7. The lowest BCUT2D eigenvalue weighted by Crippen LogP contribution is -2.44. The second kappa shape index (κ2) is 8.35. The number of nitrogens with zero attached hydrogens (tertiary/aromatic N) is 1. The van der Waals surface area contributed by atoms with Gasteiger partial charge in [0.2, 0.25) is 0 Å². The van der Waals surface area contributed by atoms with Crippen molar-refractivity contribution in [2.24, 2.45) is 5.41 Å². The van der Waals surface area contributed by atoms with Gasteiger partial charge in [-0.2, -0.15) is 0 Å². The average Bonchev–Trinajstić information content (AvgIpc) is 2.88. The molecule has 1 amide bonds. The molecule has 1 N–H and O–H groups in total. The van der Waals surface area contributed by atoms with Gasteiger partial charge < -0.3 is 9.84 Å². The van der Waals surface area contributed by atoms with Crippen molar-refractivity contribution in [3.8, 4) is 0 Å². The summed E-state index contributed by atoms with van der Waals surface area (Å²) in [6.07, 6.45) is 6.62. The quantitative estimate of drug-likeness (QED) is 0.675. The van der Waals surface area contributed by atoms with E-state index in [1.165, 1.54) is 19.3 Å². The predicted molar refractivity (Wildman–Crippen MR) is 90.1 cm³/mol. The highest BCUT2D eigenvalue weighted by Gasteiger charge is 2.31. The zero-order valence-electron chi connectivity index (χ0n) is 15.1. The third kappa shape index (κ3) is 4.34. The number of aromatic nitrogens is 1. The molecule has 0 saturated heterocycles. The molecule has 1 aromatic heterocycles. The van der Waals surface area contributed by atoms with Gasteiger partial charge in [-0.3, -0.25) is 4.79 Å². The smallest absolute Gasteiger partial charge is 0.273 e. The lowest BCUT2D eigenvalue weighted by atomic mass is 9.76. The van der Waals surface area contributed by atoms with Gasteiger partial charge in [0.15, 0.2) is 5.69 Å². The summed E-state index contributed by atoms with van der Waals surface area (Å²) in [5.41, 5.74) is 1.41. The van der Waals surface area contributed by atoms with E-state index in [1.54, 1.807) is 0 Å². The minimum Gasteiger partial charge on any atom is -0.360 e. The third-order valence-corrected chi connectivity index (χ3v) is 5.11. The topological polar surface area (TPSA) is 55.1 Å². The number of rotatable bonds is 9. The molecule has 2 atom stereocenters. The molecular weight excluding hydrogens is 276 g/mol. The van der Waals surface area contributed by atoms with Gasteiger partial charge in [0, 0.05) is 18.0 Å². The molecular formula is C18H32N2O2. The second-order valence-corrected chi connectivity index (χ2v) is 6.59. The summed E-state index contributed by atoms with van der Waals surface area (Å²) in [6, 6.07) is 0.114. The van der Waals surface area contributed by atoms with Crippen molar-refractivity contribution in [1.29, 1.82) is 0 Å². The van der Waals surface area contributed by atoms with E-state index in [0.717, 1.165) is 30.6 Å². The number of aryl methyl sites for hydroxylation is 1. The molecule has 1 aromatic rings. The maximum Gasteiger partial charge on any atom is 0.273 e. The average molecular weight is 308 g/mol. The predicted octanol–water partition coefficient (Wildman–Crippen LogP) is 4.66. The first-order valence-electron chi connectivity index (χ1n) is 8.65. The summed E-state index contributed by atoms with van der Waals surface area (Å²) in [5.74, 6) is 0.669. The standard InChI is InChI=1S/C18H32N2O2/c1-7-10-11-12-18(6,9-3)14(5)19-17(21)16-13(4)15(8-2)22-20-16/h14H,7-12H2,1-6H3,(H,19,21). The van der Waals surface area contributed by atoms with E-state index in [9.17, 15) is 4.79 Å². The lowest BCUT2D eigenvalue weighted by Gasteiger charge is -2.35. The molecule has 4 nitrogen and oxygen atoms in total. The Morgan fingerprint density at radius 3 is 2.50 bits per heavy atom. The van der Waals surface area contributed by atoms with Crippen LogP contribution in [-0.2, 0) is 6.42 Å². The molecule has 126 valence electrons. The molecule has 1 heterocycles. The van der Waals surface area contributed by atoms with E-state index < -0.39 is 0 Å². The summed E-state index contributed by atoms with van der Waals surface area (Å²) >= 11 is 0. The van der Waals surface area contributed by atoms with Crippen LogP contribution in [0.4, 0.5) is 0 Å². The summed E-state index contributed by atoms with van der Waals surface area (Å²) in [6.45, 7) is 12.7. The summed E-state index contributed by atoms with van der Waals surface area (Å²) in [7, 11) is 0. The monoisotopic (exact) mass is 308 g/mol. The highest BCUT2D eigenvalue weighted by atomic mass is 16.5. The summed E-state index contributed by atoms with van der Waals surface area (Å²) in [5, 5.41) is 7.07. The van der Waals surface area contributed by atoms with Crippen molar-refractivity contribution in [2.45, 2.75) is 86.1 Å². The Morgan fingerprint density at radius 2 is 2.00 bits per heavy atom. The zero-order valence-corrected chi connectivity index (χ0v) is 15.1. The Morgan fingerprint density at radius 1 is 1.32 bits per heavy atom. The van der Waals surface area contributed by atoms with Crippen LogP contribution in [0, 0.1) is 12.3 Å². The van der Waals surface area contributed by atoms with E-state index in [1.807, 2.05) is 13.8 Å². The lowest BCUT2D eigenvalue weighted by molar-refractivity contribution is 0.0873. The first-order chi connectivity index (χ1) is 10.4. The normalized spacial score (nSPS) is 15.4. The molecule has 0 aliphatic rings. The van der Waals surface area contributed by atoms with E-state index in [4.69, 9.17) is 4.52 Å².